The third-order valence-electron chi connectivity index (χ3n) is 6.31. The maximum atomic E-state index is 13.5. The molecule has 3 amide bonds. The van der Waals surface area contributed by atoms with Crippen LogP contribution in [0.1, 0.15) is 20.8 Å². The zero-order valence-corrected chi connectivity index (χ0v) is 23.1. The van der Waals surface area contributed by atoms with E-state index >= 15 is 0 Å². The topological polar surface area (TPSA) is 117 Å². The highest BCUT2D eigenvalue weighted by Gasteiger charge is 2.22. The van der Waals surface area contributed by atoms with Crippen molar-refractivity contribution < 1.29 is 24.3 Å². The van der Waals surface area contributed by atoms with Crippen molar-refractivity contribution in [3.05, 3.63) is 131 Å². The van der Waals surface area contributed by atoms with Gasteiger partial charge in [-0.15, -0.1) is 11.3 Å². The lowest BCUT2D eigenvalue weighted by atomic mass is 10.0. The summed E-state index contributed by atoms with van der Waals surface area (Å²) in [5.41, 5.74) is 3.43. The highest BCUT2D eigenvalue weighted by Crippen LogP contribution is 2.29. The molecule has 0 radical (unpaired) electrons. The van der Waals surface area contributed by atoms with Crippen molar-refractivity contribution in [2.75, 3.05) is 5.32 Å². The molecule has 4 aromatic carbocycles. The number of amides is 3. The van der Waals surface area contributed by atoms with E-state index in [0.29, 0.717) is 29.2 Å². The number of hydroxylamine groups is 1. The molecule has 42 heavy (non-hydrogen) atoms. The fraction of sp³-hybridized carbons (Fsp3) is 0.0606. The first kappa shape index (κ1) is 28.3. The van der Waals surface area contributed by atoms with Crippen molar-refractivity contribution in [2.45, 2.75) is 12.5 Å². The summed E-state index contributed by atoms with van der Waals surface area (Å²) in [6.07, 6.45) is 3.13. The summed E-state index contributed by atoms with van der Waals surface area (Å²) in [6, 6.07) is 32.1. The predicted octanol–water partition coefficient (Wildman–Crippen LogP) is 6.19. The van der Waals surface area contributed by atoms with Crippen LogP contribution in [0, 0.1) is 0 Å². The molecule has 0 spiro atoms. The zero-order valence-electron chi connectivity index (χ0n) is 22.3. The molecule has 1 unspecified atom stereocenters. The second kappa shape index (κ2) is 13.4. The van der Waals surface area contributed by atoms with Gasteiger partial charge in [0, 0.05) is 33.3 Å². The number of carbonyl (C=O) groups is 3. The number of hydrogen-bond acceptors (Lipinski definition) is 6. The molecule has 210 valence electrons. The van der Waals surface area contributed by atoms with Crippen molar-refractivity contribution in [3.8, 4) is 11.5 Å². The van der Waals surface area contributed by atoms with Crippen molar-refractivity contribution in [1.82, 2.24) is 10.8 Å². The average molecular weight is 578 g/mol. The Morgan fingerprint density at radius 2 is 1.52 bits per heavy atom. The molecule has 0 bridgehead atoms. The van der Waals surface area contributed by atoms with Gasteiger partial charge in [0.1, 0.15) is 17.5 Å². The van der Waals surface area contributed by atoms with E-state index < -0.39 is 11.9 Å². The number of nitrogens with one attached hydrogen (secondary N) is 3. The molecular formula is C33H27N3O5S. The Balaban J connectivity index is 1.30. The van der Waals surface area contributed by atoms with Crippen molar-refractivity contribution in [3.63, 3.8) is 0 Å². The molecule has 0 saturated heterocycles. The Kier molecular flexibility index (Phi) is 9.03. The Bertz CT molecular complexity index is 1720. The number of fused-ring (bicyclic) bond motifs is 1. The molecule has 0 aliphatic heterocycles. The predicted molar refractivity (Wildman–Crippen MR) is 164 cm³/mol. The zero-order chi connectivity index (χ0) is 29.3. The van der Waals surface area contributed by atoms with Gasteiger partial charge >= 0.3 is 0 Å². The second-order valence-corrected chi connectivity index (χ2v) is 10.5. The SMILES string of the molecule is O=C(/C=C/c1cc2cc(NC(=O)C(Cc3ccccc3)NC(=O)c3ccc(Oc4ccccc4)cc3)ccc2s1)NO. The molecule has 1 aromatic heterocycles. The maximum absolute atomic E-state index is 13.5. The first-order chi connectivity index (χ1) is 20.5. The number of hydrogen-bond donors (Lipinski definition) is 4. The van der Waals surface area contributed by atoms with E-state index in [1.807, 2.05) is 78.9 Å². The number of rotatable bonds is 10. The first-order valence-corrected chi connectivity index (χ1v) is 13.9. The van der Waals surface area contributed by atoms with Crippen molar-refractivity contribution in [1.29, 1.82) is 0 Å². The Labute approximate surface area is 246 Å². The summed E-state index contributed by atoms with van der Waals surface area (Å²) in [4.78, 5) is 38.8. The van der Waals surface area contributed by atoms with Gasteiger partial charge in [-0.2, -0.15) is 0 Å². The third-order valence-corrected chi connectivity index (χ3v) is 7.39. The van der Waals surface area contributed by atoms with Crippen LogP contribution < -0.4 is 20.9 Å². The summed E-state index contributed by atoms with van der Waals surface area (Å²) in [6.45, 7) is 0. The quantitative estimate of drug-likeness (QED) is 0.0897. The minimum absolute atomic E-state index is 0.302. The summed E-state index contributed by atoms with van der Waals surface area (Å²) in [5, 5.41) is 15.4. The fourth-order valence-electron chi connectivity index (χ4n) is 4.25. The lowest BCUT2D eigenvalue weighted by Crippen LogP contribution is -2.45. The summed E-state index contributed by atoms with van der Waals surface area (Å²) < 4.78 is 6.78. The summed E-state index contributed by atoms with van der Waals surface area (Å²) >= 11 is 1.47. The van der Waals surface area contributed by atoms with Crippen molar-refractivity contribution >= 4 is 50.9 Å². The Morgan fingerprint density at radius 3 is 2.24 bits per heavy atom. The van der Waals surface area contributed by atoms with Crippen molar-refractivity contribution in [2.24, 2.45) is 0 Å². The maximum Gasteiger partial charge on any atom is 0.267 e. The van der Waals surface area contributed by atoms with Crippen LogP contribution in [-0.2, 0) is 16.0 Å². The van der Waals surface area contributed by atoms with Gasteiger partial charge in [0.2, 0.25) is 5.91 Å². The van der Waals surface area contributed by atoms with E-state index in [1.165, 1.54) is 17.4 Å². The molecule has 0 saturated carbocycles. The van der Waals surface area contributed by atoms with Crippen LogP contribution in [0.3, 0.4) is 0 Å². The normalized spacial score (nSPS) is 11.6. The molecule has 5 aromatic rings. The molecule has 8 nitrogen and oxygen atoms in total. The molecule has 1 heterocycles. The molecule has 1 atom stereocenters. The molecule has 0 fully saturated rings. The van der Waals surface area contributed by atoms with E-state index in [4.69, 9.17) is 9.94 Å². The minimum atomic E-state index is -0.839. The van der Waals surface area contributed by atoms with E-state index in [9.17, 15) is 14.4 Å². The molecular weight excluding hydrogens is 550 g/mol. The lowest BCUT2D eigenvalue weighted by molar-refractivity contribution is -0.124. The number of anilines is 1. The molecule has 0 aliphatic carbocycles. The van der Waals surface area contributed by atoms with Crippen LogP contribution in [0.4, 0.5) is 5.69 Å². The van der Waals surface area contributed by atoms with Crippen LogP contribution in [0.2, 0.25) is 0 Å². The minimum Gasteiger partial charge on any atom is -0.457 e. The Hall–Kier alpha value is -5.25. The summed E-state index contributed by atoms with van der Waals surface area (Å²) in [7, 11) is 0. The first-order valence-electron chi connectivity index (χ1n) is 13.1. The lowest BCUT2D eigenvalue weighted by Gasteiger charge is -2.19. The molecule has 9 heteroatoms. The van der Waals surface area contributed by atoms with E-state index in [2.05, 4.69) is 10.6 Å². The van der Waals surface area contributed by atoms with E-state index in [1.54, 1.807) is 41.9 Å². The largest absolute Gasteiger partial charge is 0.457 e. The van der Waals surface area contributed by atoms with Crippen LogP contribution in [-0.4, -0.2) is 29.0 Å². The number of carbonyl (C=O) groups excluding carboxylic acids is 3. The molecule has 0 aliphatic rings. The monoisotopic (exact) mass is 577 g/mol. The van der Waals surface area contributed by atoms with Gasteiger partial charge in [-0.05, 0) is 77.7 Å². The second-order valence-electron chi connectivity index (χ2n) is 9.36. The summed E-state index contributed by atoms with van der Waals surface area (Å²) in [5.74, 6) is -0.0740. The van der Waals surface area contributed by atoms with E-state index in [-0.39, 0.29) is 11.8 Å². The van der Waals surface area contributed by atoms with Crippen LogP contribution in [0.5, 0.6) is 11.5 Å². The van der Waals surface area contributed by atoms with Gasteiger partial charge in [-0.3, -0.25) is 19.6 Å². The fourth-order valence-corrected chi connectivity index (χ4v) is 5.20. The number of para-hydroxylation sites is 1. The number of ether oxygens (including phenoxy) is 1. The third kappa shape index (κ3) is 7.48. The van der Waals surface area contributed by atoms with Gasteiger partial charge < -0.3 is 15.4 Å². The number of benzene rings is 4. The van der Waals surface area contributed by atoms with Gasteiger partial charge in [-0.25, -0.2) is 5.48 Å². The highest BCUT2D eigenvalue weighted by molar-refractivity contribution is 7.19. The highest BCUT2D eigenvalue weighted by atomic mass is 32.1. The van der Waals surface area contributed by atoms with Gasteiger partial charge in [0.15, 0.2) is 0 Å². The van der Waals surface area contributed by atoms with E-state index in [0.717, 1.165) is 20.5 Å². The molecule has 4 N–H and O–H groups in total. The number of thiophene rings is 1. The Morgan fingerprint density at radius 1 is 0.833 bits per heavy atom. The average Bonchev–Trinajstić information content (AvgIpc) is 3.43. The van der Waals surface area contributed by atoms with Crippen LogP contribution >= 0.6 is 11.3 Å². The molecule has 5 rings (SSSR count). The van der Waals surface area contributed by atoms with Crippen LogP contribution in [0.15, 0.2) is 115 Å². The van der Waals surface area contributed by atoms with Gasteiger partial charge in [0.25, 0.3) is 11.8 Å². The standard InChI is InChI=1S/C33H27N3O5S/c37-31(36-40)18-16-28-21-24-20-25(13-17-30(24)42-28)34-33(39)29(19-22-7-3-1-4-8-22)35-32(38)23-11-14-27(15-12-23)41-26-9-5-2-6-10-26/h1-18,20-21,29,40H,19H2,(H,34,39)(H,35,38)(H,36,37)/b18-16+. The smallest absolute Gasteiger partial charge is 0.267 e. The van der Waals surface area contributed by atoms with Crippen LogP contribution in [0.25, 0.3) is 16.2 Å². The van der Waals surface area contributed by atoms with Gasteiger partial charge in [0.05, 0.1) is 0 Å². The van der Waals surface area contributed by atoms with Gasteiger partial charge in [-0.1, -0.05) is 48.5 Å².